The number of aliphatic carboxylic acids is 1. The first-order valence-electron chi connectivity index (χ1n) is 5.70. The largest absolute Gasteiger partial charge is 0.480 e. The predicted molar refractivity (Wildman–Crippen MR) is 72.5 cm³/mol. The lowest BCUT2D eigenvalue weighted by Gasteiger charge is -2.13. The van der Waals surface area contributed by atoms with Gasteiger partial charge in [-0.2, -0.15) is 17.0 Å². The molecule has 0 aliphatic rings. The summed E-state index contributed by atoms with van der Waals surface area (Å²) >= 11 is 1.21. The van der Waals surface area contributed by atoms with Crippen molar-refractivity contribution in [3.63, 3.8) is 0 Å². The van der Waals surface area contributed by atoms with Crippen LogP contribution < -0.4 is 5.32 Å². The summed E-state index contributed by atoms with van der Waals surface area (Å²) in [5.74, 6) is -1.58. The molecule has 0 unspecified atom stereocenters. The maximum Gasteiger partial charge on any atom is 0.327 e. The number of carbonyl (C=O) groups is 2. The molecule has 0 spiro atoms. The molecule has 7 heteroatoms. The van der Waals surface area contributed by atoms with Gasteiger partial charge in [0.15, 0.2) is 0 Å². The summed E-state index contributed by atoms with van der Waals surface area (Å²) in [7, 11) is 0. The fraction of sp³-hybridized carbons (Fsp3) is 0.308. The lowest BCUT2D eigenvalue weighted by Crippen LogP contribution is -2.41. The minimum absolute atomic E-state index is 0.135. The van der Waals surface area contributed by atoms with E-state index in [9.17, 15) is 14.0 Å². The molecule has 1 amide bonds. The maximum atomic E-state index is 13.1. The molecule has 1 aromatic rings. The molecule has 1 atom stereocenters. The highest BCUT2D eigenvalue weighted by Crippen LogP contribution is 2.18. The Bertz CT molecular complexity index is 557. The topological polar surface area (TPSA) is 90.2 Å². The van der Waals surface area contributed by atoms with Gasteiger partial charge in [0.05, 0.1) is 11.6 Å². The fourth-order valence-electron chi connectivity index (χ4n) is 1.50. The summed E-state index contributed by atoms with van der Waals surface area (Å²) in [5.41, 5.74) is 0.856. The van der Waals surface area contributed by atoms with Crippen LogP contribution in [0.4, 0.5) is 4.39 Å². The third-order valence-corrected chi connectivity index (χ3v) is 3.49. The van der Waals surface area contributed by atoms with E-state index in [1.807, 2.05) is 6.07 Å². The summed E-state index contributed by atoms with van der Waals surface area (Å²) in [5, 5.41) is 20.1. The normalized spacial score (nSPS) is 11.4. The van der Waals surface area contributed by atoms with Crippen molar-refractivity contribution in [2.24, 2.45) is 0 Å². The number of nitrogens with zero attached hydrogens (tertiary/aromatic N) is 1. The van der Waals surface area contributed by atoms with E-state index in [1.54, 1.807) is 0 Å². The van der Waals surface area contributed by atoms with Crippen molar-refractivity contribution < 1.29 is 19.1 Å². The molecule has 0 saturated heterocycles. The molecular formula is C13H13FN2O3S. The molecule has 0 saturated carbocycles. The minimum Gasteiger partial charge on any atom is -0.480 e. The monoisotopic (exact) mass is 296 g/mol. The van der Waals surface area contributed by atoms with Crippen molar-refractivity contribution in [3.8, 4) is 6.07 Å². The van der Waals surface area contributed by atoms with Gasteiger partial charge in [0.25, 0.3) is 0 Å². The number of carboxylic acid groups (broad SMARTS) is 1. The number of thioether (sulfide) groups is 1. The average Bonchev–Trinajstić information content (AvgIpc) is 2.37. The van der Waals surface area contributed by atoms with E-state index < -0.39 is 23.7 Å². The van der Waals surface area contributed by atoms with Crippen molar-refractivity contribution >= 4 is 23.6 Å². The van der Waals surface area contributed by atoms with E-state index in [-0.39, 0.29) is 5.75 Å². The Kier molecular flexibility index (Phi) is 6.00. The molecular weight excluding hydrogens is 283 g/mol. The minimum atomic E-state index is -1.13. The molecule has 1 rings (SSSR count). The number of nitriles is 1. The Labute approximate surface area is 119 Å². The van der Waals surface area contributed by atoms with Crippen molar-refractivity contribution in [3.05, 3.63) is 35.1 Å². The van der Waals surface area contributed by atoms with Gasteiger partial charge in [-0.15, -0.1) is 0 Å². The van der Waals surface area contributed by atoms with E-state index in [4.69, 9.17) is 10.4 Å². The predicted octanol–water partition coefficient (Wildman–Crippen LogP) is 1.52. The number of benzene rings is 1. The highest BCUT2D eigenvalue weighted by atomic mass is 32.2. The summed E-state index contributed by atoms with van der Waals surface area (Å²) in [6, 6.07) is 4.78. The number of hydrogen-bond acceptors (Lipinski definition) is 4. The van der Waals surface area contributed by atoms with Gasteiger partial charge < -0.3 is 10.4 Å². The quantitative estimate of drug-likeness (QED) is 0.830. The number of rotatable bonds is 6. The number of carboxylic acids is 1. The summed E-state index contributed by atoms with van der Waals surface area (Å²) < 4.78 is 13.1. The van der Waals surface area contributed by atoms with Crippen LogP contribution in [0.3, 0.4) is 0 Å². The first-order valence-corrected chi connectivity index (χ1v) is 6.85. The summed E-state index contributed by atoms with van der Waals surface area (Å²) in [6.07, 6.45) is 0. The van der Waals surface area contributed by atoms with E-state index in [1.165, 1.54) is 36.9 Å². The lowest BCUT2D eigenvalue weighted by atomic mass is 10.1. The second-order valence-corrected chi connectivity index (χ2v) is 5.05. The molecule has 0 radical (unpaired) electrons. The van der Waals surface area contributed by atoms with Gasteiger partial charge in [0.1, 0.15) is 11.9 Å². The van der Waals surface area contributed by atoms with Crippen LogP contribution in [0, 0.1) is 17.1 Å². The van der Waals surface area contributed by atoms with E-state index >= 15 is 0 Å². The standard InChI is InChI=1S/C13H13FN2O3S/c1-8(17)16-12(13(18)19)7-20-6-10-4-11(14)3-2-9(10)5-15/h2-4,12H,6-7H2,1H3,(H,16,17)(H,18,19)/t12-/m0/s1. The molecule has 106 valence electrons. The van der Waals surface area contributed by atoms with Crippen LogP contribution in [0.1, 0.15) is 18.1 Å². The Morgan fingerprint density at radius 1 is 1.55 bits per heavy atom. The highest BCUT2D eigenvalue weighted by molar-refractivity contribution is 7.98. The Morgan fingerprint density at radius 3 is 2.80 bits per heavy atom. The molecule has 0 aromatic heterocycles. The van der Waals surface area contributed by atoms with E-state index in [0.29, 0.717) is 16.9 Å². The molecule has 2 N–H and O–H groups in total. The smallest absolute Gasteiger partial charge is 0.327 e. The van der Waals surface area contributed by atoms with Crippen molar-refractivity contribution in [2.75, 3.05) is 5.75 Å². The molecule has 0 aliphatic heterocycles. The number of carbonyl (C=O) groups excluding carboxylic acids is 1. The average molecular weight is 296 g/mol. The Hall–Kier alpha value is -2.07. The number of amides is 1. The van der Waals surface area contributed by atoms with Gasteiger partial charge in [0, 0.05) is 18.4 Å². The number of hydrogen-bond donors (Lipinski definition) is 2. The molecule has 0 heterocycles. The maximum absolute atomic E-state index is 13.1. The molecule has 20 heavy (non-hydrogen) atoms. The summed E-state index contributed by atoms with van der Waals surface area (Å²) in [4.78, 5) is 21.8. The zero-order valence-electron chi connectivity index (χ0n) is 10.7. The van der Waals surface area contributed by atoms with E-state index in [0.717, 1.165) is 0 Å². The van der Waals surface area contributed by atoms with Crippen molar-refractivity contribution in [2.45, 2.75) is 18.7 Å². The van der Waals surface area contributed by atoms with Crippen LogP contribution in [0.2, 0.25) is 0 Å². The van der Waals surface area contributed by atoms with Crippen molar-refractivity contribution in [1.29, 1.82) is 5.26 Å². The lowest BCUT2D eigenvalue weighted by molar-refractivity contribution is -0.140. The number of halogens is 1. The first-order chi connectivity index (χ1) is 9.43. The first kappa shape index (κ1) is 16.0. The zero-order chi connectivity index (χ0) is 15.1. The highest BCUT2D eigenvalue weighted by Gasteiger charge is 2.18. The van der Waals surface area contributed by atoms with Gasteiger partial charge in [-0.3, -0.25) is 4.79 Å². The third-order valence-electron chi connectivity index (χ3n) is 2.41. The van der Waals surface area contributed by atoms with E-state index in [2.05, 4.69) is 5.32 Å². The third kappa shape index (κ3) is 4.90. The second-order valence-electron chi connectivity index (χ2n) is 4.02. The molecule has 0 fully saturated rings. The van der Waals surface area contributed by atoms with Crippen LogP contribution in [0.25, 0.3) is 0 Å². The molecule has 1 aromatic carbocycles. The molecule has 0 aliphatic carbocycles. The van der Waals surface area contributed by atoms with Gasteiger partial charge >= 0.3 is 5.97 Å². The van der Waals surface area contributed by atoms with Crippen LogP contribution in [0.15, 0.2) is 18.2 Å². The van der Waals surface area contributed by atoms with Crippen LogP contribution in [-0.2, 0) is 15.3 Å². The number of nitrogens with one attached hydrogen (secondary N) is 1. The Morgan fingerprint density at radius 2 is 2.25 bits per heavy atom. The van der Waals surface area contributed by atoms with Gasteiger partial charge in [-0.25, -0.2) is 9.18 Å². The van der Waals surface area contributed by atoms with Gasteiger partial charge in [0.2, 0.25) is 5.91 Å². The van der Waals surface area contributed by atoms with Gasteiger partial charge in [-0.05, 0) is 23.8 Å². The van der Waals surface area contributed by atoms with Crippen LogP contribution >= 0.6 is 11.8 Å². The second kappa shape index (κ2) is 7.50. The SMILES string of the molecule is CC(=O)N[C@@H](CSCc1cc(F)ccc1C#N)C(=O)O. The Balaban J connectivity index is 2.63. The van der Waals surface area contributed by atoms with Crippen molar-refractivity contribution in [1.82, 2.24) is 5.32 Å². The fourth-order valence-corrected chi connectivity index (χ4v) is 2.54. The molecule has 0 bridgehead atoms. The summed E-state index contributed by atoms with van der Waals surface area (Å²) in [6.45, 7) is 1.24. The van der Waals surface area contributed by atoms with Crippen LogP contribution in [-0.4, -0.2) is 28.8 Å². The molecule has 5 nitrogen and oxygen atoms in total. The van der Waals surface area contributed by atoms with Crippen LogP contribution in [0.5, 0.6) is 0 Å². The zero-order valence-corrected chi connectivity index (χ0v) is 11.5. The van der Waals surface area contributed by atoms with Gasteiger partial charge in [-0.1, -0.05) is 0 Å².